The average Bonchev–Trinajstić information content (AvgIpc) is 2.08. The topological polar surface area (TPSA) is 12.0 Å². The number of hydrogen-bond acceptors (Lipinski definition) is 1. The van der Waals surface area contributed by atoms with E-state index >= 15 is 0 Å². The molecule has 1 rings (SSSR count). The lowest BCUT2D eigenvalue weighted by Crippen LogP contribution is -2.26. The van der Waals surface area contributed by atoms with Gasteiger partial charge in [-0.25, -0.2) is 0 Å². The molecule has 0 bridgehead atoms. The van der Waals surface area contributed by atoms with Gasteiger partial charge in [-0.2, -0.15) is 0 Å². The van der Waals surface area contributed by atoms with E-state index < -0.39 is 0 Å². The van der Waals surface area contributed by atoms with Crippen molar-refractivity contribution >= 4 is 0 Å². The van der Waals surface area contributed by atoms with Crippen molar-refractivity contribution in [1.82, 2.24) is 5.32 Å². The standard InChI is InChI=1S/C11H17N/c1-4-5-10-7-6-9(2)8-11(10)12-3/h5-8,11-12H,4H2,1-3H3. The Labute approximate surface area is 74.9 Å². The van der Waals surface area contributed by atoms with Crippen molar-refractivity contribution in [2.24, 2.45) is 0 Å². The van der Waals surface area contributed by atoms with Crippen molar-refractivity contribution in [3.63, 3.8) is 0 Å². The van der Waals surface area contributed by atoms with Crippen LogP contribution in [0.2, 0.25) is 0 Å². The largest absolute Gasteiger partial charge is 0.310 e. The minimum absolute atomic E-state index is 0.412. The molecule has 0 saturated heterocycles. The summed E-state index contributed by atoms with van der Waals surface area (Å²) in [7, 11) is 2.00. The van der Waals surface area contributed by atoms with E-state index in [2.05, 4.69) is 43.5 Å². The molecular weight excluding hydrogens is 146 g/mol. The molecule has 0 heterocycles. The van der Waals surface area contributed by atoms with Gasteiger partial charge in [0.2, 0.25) is 0 Å². The van der Waals surface area contributed by atoms with Crippen LogP contribution in [0.4, 0.5) is 0 Å². The quantitative estimate of drug-likeness (QED) is 0.659. The van der Waals surface area contributed by atoms with E-state index in [4.69, 9.17) is 0 Å². The highest BCUT2D eigenvalue weighted by molar-refractivity contribution is 5.40. The molecule has 1 heteroatoms. The van der Waals surface area contributed by atoms with Crippen LogP contribution < -0.4 is 5.32 Å². The van der Waals surface area contributed by atoms with Crippen LogP contribution in [-0.4, -0.2) is 13.1 Å². The summed E-state index contributed by atoms with van der Waals surface area (Å²) in [6.07, 6.45) is 9.97. The van der Waals surface area contributed by atoms with E-state index in [-0.39, 0.29) is 0 Å². The SMILES string of the molecule is CCC=C1C=CC(C)=CC1NC. The lowest BCUT2D eigenvalue weighted by atomic mass is 9.97. The van der Waals surface area contributed by atoms with Crippen molar-refractivity contribution in [2.75, 3.05) is 7.05 Å². The summed E-state index contributed by atoms with van der Waals surface area (Å²) in [6, 6.07) is 0.412. The molecule has 1 N–H and O–H groups in total. The van der Waals surface area contributed by atoms with Crippen molar-refractivity contribution < 1.29 is 0 Å². The molecule has 0 saturated carbocycles. The summed E-state index contributed by atoms with van der Waals surface area (Å²) in [6.45, 7) is 4.29. The number of allylic oxidation sites excluding steroid dienone is 3. The van der Waals surface area contributed by atoms with E-state index in [1.807, 2.05) is 7.05 Å². The van der Waals surface area contributed by atoms with Crippen LogP contribution in [0.1, 0.15) is 20.3 Å². The molecule has 1 atom stereocenters. The third-order valence-corrected chi connectivity index (χ3v) is 2.08. The van der Waals surface area contributed by atoms with Crippen molar-refractivity contribution in [2.45, 2.75) is 26.3 Å². The Balaban J connectivity index is 2.80. The third-order valence-electron chi connectivity index (χ3n) is 2.08. The van der Waals surface area contributed by atoms with Gasteiger partial charge in [0.05, 0.1) is 6.04 Å². The van der Waals surface area contributed by atoms with Gasteiger partial charge in [0.1, 0.15) is 0 Å². The second kappa shape index (κ2) is 4.27. The second-order valence-corrected chi connectivity index (χ2v) is 3.12. The molecule has 0 amide bonds. The summed E-state index contributed by atoms with van der Waals surface area (Å²) in [5, 5.41) is 3.27. The van der Waals surface area contributed by atoms with Gasteiger partial charge in [0.25, 0.3) is 0 Å². The zero-order valence-corrected chi connectivity index (χ0v) is 8.09. The number of rotatable bonds is 2. The first-order valence-corrected chi connectivity index (χ1v) is 4.51. The molecule has 0 spiro atoms. The number of nitrogens with one attached hydrogen (secondary N) is 1. The lowest BCUT2D eigenvalue weighted by Gasteiger charge is -2.17. The fraction of sp³-hybridized carbons (Fsp3) is 0.455. The second-order valence-electron chi connectivity index (χ2n) is 3.12. The van der Waals surface area contributed by atoms with E-state index in [1.165, 1.54) is 11.1 Å². The summed E-state index contributed by atoms with van der Waals surface area (Å²) in [4.78, 5) is 0. The summed E-state index contributed by atoms with van der Waals surface area (Å²) in [5.41, 5.74) is 2.72. The molecule has 1 unspecified atom stereocenters. The highest BCUT2D eigenvalue weighted by atomic mass is 14.9. The average molecular weight is 163 g/mol. The molecule has 0 aliphatic heterocycles. The highest BCUT2D eigenvalue weighted by Gasteiger charge is 2.09. The van der Waals surface area contributed by atoms with E-state index in [9.17, 15) is 0 Å². The minimum atomic E-state index is 0.412. The Morgan fingerprint density at radius 3 is 2.83 bits per heavy atom. The molecule has 1 aliphatic rings. The van der Waals surface area contributed by atoms with Crippen molar-refractivity contribution in [3.8, 4) is 0 Å². The molecular formula is C11H17N. The Morgan fingerprint density at radius 2 is 2.25 bits per heavy atom. The molecule has 0 aromatic rings. The maximum absolute atomic E-state index is 3.27. The normalized spacial score (nSPS) is 26.1. The Hall–Kier alpha value is -0.820. The molecule has 66 valence electrons. The lowest BCUT2D eigenvalue weighted by molar-refractivity contribution is 0.753. The highest BCUT2D eigenvalue weighted by Crippen LogP contribution is 2.15. The Morgan fingerprint density at radius 1 is 1.50 bits per heavy atom. The van der Waals surface area contributed by atoms with E-state index in [1.54, 1.807) is 0 Å². The van der Waals surface area contributed by atoms with E-state index in [0.29, 0.717) is 6.04 Å². The summed E-state index contributed by atoms with van der Waals surface area (Å²) >= 11 is 0. The minimum Gasteiger partial charge on any atom is -0.310 e. The van der Waals surface area contributed by atoms with Crippen LogP contribution in [0.25, 0.3) is 0 Å². The zero-order chi connectivity index (χ0) is 8.97. The number of hydrogen-bond donors (Lipinski definition) is 1. The Kier molecular flexibility index (Phi) is 3.30. The third kappa shape index (κ3) is 2.08. The molecule has 0 aromatic heterocycles. The molecule has 12 heavy (non-hydrogen) atoms. The molecule has 0 fully saturated rings. The molecule has 0 aromatic carbocycles. The number of likely N-dealkylation sites (N-methyl/N-ethyl adjacent to an activating group) is 1. The predicted molar refractivity (Wildman–Crippen MR) is 54.1 cm³/mol. The molecule has 1 aliphatic carbocycles. The fourth-order valence-corrected chi connectivity index (χ4v) is 1.43. The first kappa shape index (κ1) is 9.27. The van der Waals surface area contributed by atoms with Gasteiger partial charge >= 0.3 is 0 Å². The van der Waals surface area contributed by atoms with Gasteiger partial charge < -0.3 is 5.32 Å². The smallest absolute Gasteiger partial charge is 0.0506 e. The van der Waals surface area contributed by atoms with Crippen molar-refractivity contribution in [3.05, 3.63) is 35.5 Å². The van der Waals surface area contributed by atoms with Gasteiger partial charge in [-0.3, -0.25) is 0 Å². The Bertz CT molecular complexity index is 231. The van der Waals surface area contributed by atoms with Crippen molar-refractivity contribution in [1.29, 1.82) is 0 Å². The monoisotopic (exact) mass is 163 g/mol. The summed E-state index contributed by atoms with van der Waals surface area (Å²) in [5.74, 6) is 0. The van der Waals surface area contributed by atoms with E-state index in [0.717, 1.165) is 6.42 Å². The van der Waals surface area contributed by atoms with Gasteiger partial charge in [0, 0.05) is 0 Å². The maximum Gasteiger partial charge on any atom is 0.0506 e. The van der Waals surface area contributed by atoms with Crippen LogP contribution in [0.3, 0.4) is 0 Å². The van der Waals surface area contributed by atoms with Gasteiger partial charge in [0.15, 0.2) is 0 Å². The molecule has 0 radical (unpaired) electrons. The zero-order valence-electron chi connectivity index (χ0n) is 8.09. The van der Waals surface area contributed by atoms with Crippen LogP contribution in [-0.2, 0) is 0 Å². The van der Waals surface area contributed by atoms with Crippen LogP contribution in [0.5, 0.6) is 0 Å². The van der Waals surface area contributed by atoms with Gasteiger partial charge in [-0.15, -0.1) is 0 Å². The first-order valence-electron chi connectivity index (χ1n) is 4.51. The summed E-state index contributed by atoms with van der Waals surface area (Å²) < 4.78 is 0. The fourth-order valence-electron chi connectivity index (χ4n) is 1.43. The van der Waals surface area contributed by atoms with Crippen LogP contribution in [0.15, 0.2) is 35.5 Å². The first-order chi connectivity index (χ1) is 5.77. The predicted octanol–water partition coefficient (Wildman–Crippen LogP) is 2.43. The van der Waals surface area contributed by atoms with Gasteiger partial charge in [-0.05, 0) is 26.0 Å². The maximum atomic E-state index is 3.27. The van der Waals surface area contributed by atoms with Crippen LogP contribution in [0, 0.1) is 0 Å². The molecule has 1 nitrogen and oxygen atoms in total. The van der Waals surface area contributed by atoms with Crippen LogP contribution >= 0.6 is 0 Å². The van der Waals surface area contributed by atoms with Gasteiger partial charge in [-0.1, -0.05) is 36.8 Å².